The molecule has 2 amide bonds. The van der Waals surface area contributed by atoms with E-state index in [4.69, 9.17) is 0 Å². The second kappa shape index (κ2) is 4.97. The summed E-state index contributed by atoms with van der Waals surface area (Å²) in [5, 5.41) is 12.4. The third-order valence-electron chi connectivity index (χ3n) is 4.70. The fourth-order valence-electron chi connectivity index (χ4n) is 2.67. The molecule has 0 aromatic rings. The van der Waals surface area contributed by atoms with E-state index in [1.54, 1.807) is 6.92 Å². The van der Waals surface area contributed by atoms with Gasteiger partial charge in [0, 0.05) is 24.0 Å². The van der Waals surface area contributed by atoms with Gasteiger partial charge < -0.3 is 15.3 Å². The highest BCUT2D eigenvalue weighted by Crippen LogP contribution is 2.46. The topological polar surface area (TPSA) is 52.6 Å². The molecule has 4 heteroatoms. The van der Waals surface area contributed by atoms with Crippen LogP contribution in [0.1, 0.15) is 54.9 Å². The third-order valence-corrected chi connectivity index (χ3v) is 4.70. The molecule has 2 N–H and O–H groups in total. The van der Waals surface area contributed by atoms with Gasteiger partial charge in [-0.25, -0.2) is 4.79 Å². The van der Waals surface area contributed by atoms with Crippen LogP contribution in [0.25, 0.3) is 0 Å². The van der Waals surface area contributed by atoms with Crippen LogP contribution in [0.5, 0.6) is 0 Å². The van der Waals surface area contributed by atoms with E-state index in [0.717, 1.165) is 6.54 Å². The summed E-state index contributed by atoms with van der Waals surface area (Å²) in [7, 11) is 0. The molecule has 1 aliphatic heterocycles. The van der Waals surface area contributed by atoms with Crippen LogP contribution >= 0.6 is 0 Å². The molecule has 4 nitrogen and oxygen atoms in total. The lowest BCUT2D eigenvalue weighted by Crippen LogP contribution is -2.72. The second-order valence-corrected chi connectivity index (χ2v) is 7.91. The maximum absolute atomic E-state index is 12.2. The van der Waals surface area contributed by atoms with Crippen LogP contribution in [0, 0.1) is 10.8 Å². The fourth-order valence-corrected chi connectivity index (χ4v) is 2.67. The van der Waals surface area contributed by atoms with Gasteiger partial charge in [0.2, 0.25) is 0 Å². The molecular weight excluding hydrogens is 240 g/mol. The van der Waals surface area contributed by atoms with Gasteiger partial charge in [-0.2, -0.15) is 0 Å². The normalized spacial score (nSPS) is 22.6. The Labute approximate surface area is 117 Å². The number of aliphatic hydroxyl groups excluding tert-OH is 1. The van der Waals surface area contributed by atoms with Gasteiger partial charge in [0.25, 0.3) is 0 Å². The Bertz CT molecular complexity index is 346. The first kappa shape index (κ1) is 16.3. The number of hydrogen-bond acceptors (Lipinski definition) is 2. The molecule has 112 valence electrons. The summed E-state index contributed by atoms with van der Waals surface area (Å²) in [6.07, 6.45) is 0.341. The van der Waals surface area contributed by atoms with E-state index in [1.165, 1.54) is 0 Å². The predicted octanol–water partition coefficient (Wildman–Crippen LogP) is 2.61. The van der Waals surface area contributed by atoms with Crippen molar-refractivity contribution in [2.75, 3.05) is 13.1 Å². The number of urea groups is 1. The van der Waals surface area contributed by atoms with Gasteiger partial charge in [0.05, 0.1) is 6.10 Å². The smallest absolute Gasteiger partial charge is 0.317 e. The minimum atomic E-state index is -0.341. The van der Waals surface area contributed by atoms with Crippen molar-refractivity contribution < 1.29 is 9.90 Å². The van der Waals surface area contributed by atoms with Crippen LogP contribution in [0.2, 0.25) is 0 Å². The largest absolute Gasteiger partial charge is 0.393 e. The Kier molecular flexibility index (Phi) is 4.26. The highest BCUT2D eigenvalue weighted by atomic mass is 16.3. The Morgan fingerprint density at radius 2 is 1.89 bits per heavy atom. The first-order chi connectivity index (χ1) is 8.39. The van der Waals surface area contributed by atoms with Crippen molar-refractivity contribution in [1.29, 1.82) is 0 Å². The summed E-state index contributed by atoms with van der Waals surface area (Å²) < 4.78 is 0. The minimum absolute atomic E-state index is 0.00277. The molecule has 0 aliphatic carbocycles. The van der Waals surface area contributed by atoms with Crippen LogP contribution < -0.4 is 5.32 Å². The van der Waals surface area contributed by atoms with E-state index < -0.39 is 0 Å². The molecule has 1 atom stereocenters. The van der Waals surface area contributed by atoms with Gasteiger partial charge in [-0.3, -0.25) is 0 Å². The summed E-state index contributed by atoms with van der Waals surface area (Å²) in [4.78, 5) is 14.1. The number of carbonyl (C=O) groups is 1. The molecule has 0 bridgehead atoms. The Morgan fingerprint density at radius 1 is 1.37 bits per heavy atom. The zero-order valence-electron chi connectivity index (χ0n) is 13.5. The molecule has 1 fully saturated rings. The van der Waals surface area contributed by atoms with Crippen molar-refractivity contribution in [3.63, 3.8) is 0 Å². The van der Waals surface area contributed by atoms with Gasteiger partial charge in [-0.15, -0.1) is 0 Å². The first-order valence-electron chi connectivity index (χ1n) is 7.13. The number of carbonyl (C=O) groups excluding carboxylic acids is 1. The average molecular weight is 270 g/mol. The Balaban J connectivity index is 2.50. The minimum Gasteiger partial charge on any atom is -0.393 e. The summed E-state index contributed by atoms with van der Waals surface area (Å²) in [5.74, 6) is 0. The molecule has 0 aromatic carbocycles. The standard InChI is InChI=1S/C15H30N2O2/c1-11(18)8-13(2,3)9-16-12(19)17-10-14(4,5)15(17,6)7/h11,18H,8-10H2,1-7H3,(H,16,19). The van der Waals surface area contributed by atoms with Crippen LogP contribution in [0.3, 0.4) is 0 Å². The number of nitrogens with zero attached hydrogens (tertiary/aromatic N) is 1. The molecule has 0 spiro atoms. The number of likely N-dealkylation sites (tertiary alicyclic amines) is 1. The molecule has 1 heterocycles. The third kappa shape index (κ3) is 3.41. The first-order valence-corrected chi connectivity index (χ1v) is 7.13. The summed E-state index contributed by atoms with van der Waals surface area (Å²) in [5.41, 5.74) is -0.0285. The van der Waals surface area contributed by atoms with Gasteiger partial charge >= 0.3 is 6.03 Å². The summed E-state index contributed by atoms with van der Waals surface area (Å²) >= 11 is 0. The van der Waals surface area contributed by atoms with Crippen LogP contribution in [-0.4, -0.2) is 40.8 Å². The number of rotatable bonds is 4. The molecule has 1 saturated heterocycles. The van der Waals surface area contributed by atoms with Crippen molar-refractivity contribution in [3.8, 4) is 0 Å². The van der Waals surface area contributed by atoms with Crippen LogP contribution in [-0.2, 0) is 0 Å². The number of amides is 2. The maximum Gasteiger partial charge on any atom is 0.317 e. The monoisotopic (exact) mass is 270 g/mol. The molecule has 0 saturated carbocycles. The lowest BCUT2D eigenvalue weighted by atomic mass is 9.65. The van der Waals surface area contributed by atoms with Crippen LogP contribution in [0.4, 0.5) is 4.79 Å². The Hall–Kier alpha value is -0.770. The molecule has 1 unspecified atom stereocenters. The summed E-state index contributed by atoms with van der Waals surface area (Å²) in [6, 6.07) is 0.00277. The van der Waals surface area contributed by atoms with Gasteiger partial charge in [0.15, 0.2) is 0 Å². The predicted molar refractivity (Wildman–Crippen MR) is 78.0 cm³/mol. The molecule has 0 aromatic heterocycles. The van der Waals surface area contributed by atoms with E-state index >= 15 is 0 Å². The van der Waals surface area contributed by atoms with Crippen molar-refractivity contribution in [3.05, 3.63) is 0 Å². The number of nitrogens with one attached hydrogen (secondary N) is 1. The highest BCUT2D eigenvalue weighted by molar-refractivity contribution is 5.76. The summed E-state index contributed by atoms with van der Waals surface area (Å²) in [6.45, 7) is 15.9. The van der Waals surface area contributed by atoms with Gasteiger partial charge in [-0.1, -0.05) is 27.7 Å². The van der Waals surface area contributed by atoms with Crippen molar-refractivity contribution in [2.24, 2.45) is 10.8 Å². The zero-order valence-corrected chi connectivity index (χ0v) is 13.5. The lowest BCUT2D eigenvalue weighted by molar-refractivity contribution is -0.0811. The quantitative estimate of drug-likeness (QED) is 0.825. The Morgan fingerprint density at radius 3 is 2.26 bits per heavy atom. The maximum atomic E-state index is 12.2. The van der Waals surface area contributed by atoms with E-state index in [0.29, 0.717) is 13.0 Å². The molecule has 1 aliphatic rings. The zero-order chi connectivity index (χ0) is 15.1. The van der Waals surface area contributed by atoms with Gasteiger partial charge in [0.1, 0.15) is 0 Å². The van der Waals surface area contributed by atoms with E-state index in [2.05, 4.69) is 46.9 Å². The van der Waals surface area contributed by atoms with Gasteiger partial charge in [-0.05, 0) is 32.6 Å². The highest BCUT2D eigenvalue weighted by Gasteiger charge is 2.54. The number of aliphatic hydroxyl groups is 1. The van der Waals surface area contributed by atoms with E-state index in [9.17, 15) is 9.90 Å². The van der Waals surface area contributed by atoms with Crippen molar-refractivity contribution in [1.82, 2.24) is 10.2 Å². The lowest BCUT2D eigenvalue weighted by Gasteiger charge is -2.61. The van der Waals surface area contributed by atoms with E-state index in [-0.39, 0.29) is 28.5 Å². The van der Waals surface area contributed by atoms with Crippen molar-refractivity contribution >= 4 is 6.03 Å². The van der Waals surface area contributed by atoms with Crippen LogP contribution in [0.15, 0.2) is 0 Å². The average Bonchev–Trinajstić information content (AvgIpc) is 2.21. The second-order valence-electron chi connectivity index (χ2n) is 7.91. The van der Waals surface area contributed by atoms with Crippen molar-refractivity contribution in [2.45, 2.75) is 66.5 Å². The van der Waals surface area contributed by atoms with E-state index in [1.807, 2.05) is 4.90 Å². The SMILES string of the molecule is CC(O)CC(C)(C)CNC(=O)N1CC(C)(C)C1(C)C. The molecule has 0 radical (unpaired) electrons. The molecule has 19 heavy (non-hydrogen) atoms. The fraction of sp³-hybridized carbons (Fsp3) is 0.933. The molecule has 1 rings (SSSR count). The molecular formula is C15H30N2O2. The number of hydrogen-bond donors (Lipinski definition) is 2.